The third kappa shape index (κ3) is 3.36. The topological polar surface area (TPSA) is 72.2 Å². The highest BCUT2D eigenvalue weighted by molar-refractivity contribution is 9.10. The van der Waals surface area contributed by atoms with Crippen molar-refractivity contribution in [1.29, 1.82) is 0 Å². The summed E-state index contributed by atoms with van der Waals surface area (Å²) in [7, 11) is -3.87. The van der Waals surface area contributed by atoms with E-state index in [4.69, 9.17) is 5.73 Å². The van der Waals surface area contributed by atoms with Crippen molar-refractivity contribution in [2.45, 2.75) is 18.7 Å². The van der Waals surface area contributed by atoms with Crippen LogP contribution < -0.4 is 10.5 Å². The van der Waals surface area contributed by atoms with Gasteiger partial charge in [0, 0.05) is 4.47 Å². The maximum Gasteiger partial charge on any atom is 0.262 e. The molecule has 0 spiro atoms. The number of nitrogens with one attached hydrogen (secondary N) is 1. The molecule has 4 nitrogen and oxygen atoms in total. The summed E-state index contributed by atoms with van der Waals surface area (Å²) in [6, 6.07) is 7.00. The SMILES string of the molecule is Cc1cc(Br)cc(C)c1NS(=O)(=O)c1ccc(N)c(F)c1. The number of sulfonamides is 1. The van der Waals surface area contributed by atoms with E-state index in [2.05, 4.69) is 20.7 Å². The summed E-state index contributed by atoms with van der Waals surface area (Å²) < 4.78 is 41.4. The van der Waals surface area contributed by atoms with Crippen molar-refractivity contribution in [2.24, 2.45) is 0 Å². The van der Waals surface area contributed by atoms with E-state index in [1.807, 2.05) is 0 Å². The molecule has 0 bridgehead atoms. The average Bonchev–Trinajstić information content (AvgIpc) is 2.37. The number of nitrogen functional groups attached to an aromatic ring is 1. The number of aryl methyl sites for hydroxylation is 2. The van der Waals surface area contributed by atoms with Crippen LogP contribution in [0.4, 0.5) is 15.8 Å². The maximum atomic E-state index is 13.4. The molecule has 0 unspecified atom stereocenters. The smallest absolute Gasteiger partial charge is 0.262 e. The van der Waals surface area contributed by atoms with Crippen molar-refractivity contribution in [3.63, 3.8) is 0 Å². The van der Waals surface area contributed by atoms with Crippen molar-refractivity contribution >= 4 is 37.3 Å². The standard InChI is InChI=1S/C14H14BrFN2O2S/c1-8-5-10(15)6-9(2)14(8)18-21(19,20)11-3-4-13(17)12(16)7-11/h3-7,18H,17H2,1-2H3. The third-order valence-electron chi connectivity index (χ3n) is 3.02. The summed E-state index contributed by atoms with van der Waals surface area (Å²) in [4.78, 5) is -0.170. The summed E-state index contributed by atoms with van der Waals surface area (Å²) in [5, 5.41) is 0. The molecule has 0 atom stereocenters. The molecule has 0 aliphatic carbocycles. The van der Waals surface area contributed by atoms with Gasteiger partial charge in [0.1, 0.15) is 5.82 Å². The van der Waals surface area contributed by atoms with E-state index in [1.165, 1.54) is 12.1 Å². The van der Waals surface area contributed by atoms with Gasteiger partial charge in [-0.2, -0.15) is 0 Å². The van der Waals surface area contributed by atoms with Crippen molar-refractivity contribution < 1.29 is 12.8 Å². The summed E-state index contributed by atoms with van der Waals surface area (Å²) >= 11 is 3.35. The molecule has 0 radical (unpaired) electrons. The Kier molecular flexibility index (Phi) is 4.25. The maximum absolute atomic E-state index is 13.4. The predicted octanol–water partition coefficient (Wildman–Crippen LogP) is 3.59. The minimum atomic E-state index is -3.87. The second-order valence-corrected chi connectivity index (χ2v) is 7.30. The minimum absolute atomic E-state index is 0.0926. The first-order valence-electron chi connectivity index (χ1n) is 6.05. The number of rotatable bonds is 3. The Morgan fingerprint density at radius 1 is 1.14 bits per heavy atom. The highest BCUT2D eigenvalue weighted by Crippen LogP contribution is 2.28. The zero-order valence-electron chi connectivity index (χ0n) is 11.4. The minimum Gasteiger partial charge on any atom is -0.396 e. The van der Waals surface area contributed by atoms with Gasteiger partial charge < -0.3 is 5.73 Å². The molecule has 3 N–H and O–H groups in total. The second-order valence-electron chi connectivity index (χ2n) is 4.70. The molecule has 0 aliphatic rings. The molecule has 2 rings (SSSR count). The quantitative estimate of drug-likeness (QED) is 0.808. The molecule has 7 heteroatoms. The molecular formula is C14H14BrFN2O2S. The highest BCUT2D eigenvalue weighted by Gasteiger charge is 2.18. The zero-order chi connectivity index (χ0) is 15.8. The average molecular weight is 373 g/mol. The molecule has 0 aliphatic heterocycles. The fourth-order valence-electron chi connectivity index (χ4n) is 1.94. The summed E-state index contributed by atoms with van der Waals surface area (Å²) in [5.74, 6) is -0.762. The Morgan fingerprint density at radius 3 is 2.24 bits per heavy atom. The van der Waals surface area contributed by atoms with Gasteiger partial charge in [0.15, 0.2) is 0 Å². The van der Waals surface area contributed by atoms with E-state index >= 15 is 0 Å². The molecule has 0 heterocycles. The van der Waals surface area contributed by atoms with Crippen LogP contribution in [0.3, 0.4) is 0 Å². The molecule has 0 aromatic heterocycles. The van der Waals surface area contributed by atoms with E-state index in [-0.39, 0.29) is 10.6 Å². The van der Waals surface area contributed by atoms with E-state index in [9.17, 15) is 12.8 Å². The Balaban J connectivity index is 2.44. The zero-order valence-corrected chi connectivity index (χ0v) is 13.8. The largest absolute Gasteiger partial charge is 0.396 e. The van der Waals surface area contributed by atoms with Crippen LogP contribution in [0.25, 0.3) is 0 Å². The molecule has 2 aromatic rings. The van der Waals surface area contributed by atoms with Crippen molar-refractivity contribution in [3.05, 3.63) is 51.7 Å². The van der Waals surface area contributed by atoms with Gasteiger partial charge in [-0.3, -0.25) is 4.72 Å². The number of nitrogens with two attached hydrogens (primary N) is 1. The highest BCUT2D eigenvalue weighted by atomic mass is 79.9. The van der Waals surface area contributed by atoms with Crippen LogP contribution in [0, 0.1) is 19.7 Å². The molecule has 0 amide bonds. The first kappa shape index (κ1) is 15.8. The van der Waals surface area contributed by atoms with Crippen molar-refractivity contribution in [2.75, 3.05) is 10.5 Å². The van der Waals surface area contributed by atoms with Crippen LogP contribution in [-0.2, 0) is 10.0 Å². The first-order valence-corrected chi connectivity index (χ1v) is 8.33. The van der Waals surface area contributed by atoms with Crippen LogP contribution in [0.2, 0.25) is 0 Å². The van der Waals surface area contributed by atoms with Gasteiger partial charge in [-0.05, 0) is 55.3 Å². The van der Waals surface area contributed by atoms with Gasteiger partial charge in [-0.25, -0.2) is 12.8 Å². The van der Waals surface area contributed by atoms with Crippen molar-refractivity contribution in [1.82, 2.24) is 0 Å². The van der Waals surface area contributed by atoms with Gasteiger partial charge in [-0.15, -0.1) is 0 Å². The van der Waals surface area contributed by atoms with Gasteiger partial charge >= 0.3 is 0 Å². The molecule has 2 aromatic carbocycles. The van der Waals surface area contributed by atoms with Gasteiger partial charge in [-0.1, -0.05) is 15.9 Å². The monoisotopic (exact) mass is 372 g/mol. The first-order chi connectivity index (χ1) is 9.70. The van der Waals surface area contributed by atoms with Crippen LogP contribution in [0.1, 0.15) is 11.1 Å². The van der Waals surface area contributed by atoms with Gasteiger partial charge in [0.25, 0.3) is 10.0 Å². The Hall–Kier alpha value is -1.60. The summed E-state index contributed by atoms with van der Waals surface area (Å²) in [6.07, 6.45) is 0. The molecule has 112 valence electrons. The third-order valence-corrected chi connectivity index (χ3v) is 4.82. The van der Waals surface area contributed by atoms with Gasteiger partial charge in [0.2, 0.25) is 0 Å². The molecule has 21 heavy (non-hydrogen) atoms. The summed E-state index contributed by atoms with van der Waals surface area (Å²) in [6.45, 7) is 3.58. The van der Waals surface area contributed by atoms with E-state index in [0.29, 0.717) is 5.69 Å². The number of halogens is 2. The lowest BCUT2D eigenvalue weighted by Crippen LogP contribution is -2.15. The fraction of sp³-hybridized carbons (Fsp3) is 0.143. The van der Waals surface area contributed by atoms with Crippen molar-refractivity contribution in [3.8, 4) is 0 Å². The molecule has 0 fully saturated rings. The van der Waals surface area contributed by atoms with Crippen LogP contribution >= 0.6 is 15.9 Å². The lowest BCUT2D eigenvalue weighted by atomic mass is 10.1. The van der Waals surface area contributed by atoms with Crippen LogP contribution in [0.15, 0.2) is 39.7 Å². The number of hydrogen-bond acceptors (Lipinski definition) is 3. The predicted molar refractivity (Wildman–Crippen MR) is 85.2 cm³/mol. The van der Waals surface area contributed by atoms with Gasteiger partial charge in [0.05, 0.1) is 16.3 Å². The lowest BCUT2D eigenvalue weighted by molar-refractivity contribution is 0.596. The lowest BCUT2D eigenvalue weighted by Gasteiger charge is -2.14. The Labute approximate surface area is 131 Å². The van der Waals surface area contributed by atoms with Crippen LogP contribution in [-0.4, -0.2) is 8.42 Å². The normalized spacial score (nSPS) is 11.4. The molecule has 0 saturated carbocycles. The second kappa shape index (κ2) is 5.65. The van der Waals surface area contributed by atoms with Crippen LogP contribution in [0.5, 0.6) is 0 Å². The van der Waals surface area contributed by atoms with E-state index in [1.54, 1.807) is 26.0 Å². The number of hydrogen-bond donors (Lipinski definition) is 2. The Morgan fingerprint density at radius 2 is 1.71 bits per heavy atom. The number of benzene rings is 2. The molecular weight excluding hydrogens is 359 g/mol. The summed E-state index contributed by atoms with van der Waals surface area (Å²) in [5.41, 5.74) is 7.27. The Bertz CT molecular complexity index is 784. The molecule has 0 saturated heterocycles. The van der Waals surface area contributed by atoms with E-state index in [0.717, 1.165) is 21.7 Å². The van der Waals surface area contributed by atoms with E-state index < -0.39 is 15.8 Å². The number of anilines is 2. The fourth-order valence-corrected chi connectivity index (χ4v) is 3.84.